The first-order valence-corrected chi connectivity index (χ1v) is 6.20. The molecule has 0 radical (unpaired) electrons. The normalized spacial score (nSPS) is 23.1. The van der Waals surface area contributed by atoms with E-state index < -0.39 is 17.8 Å². The van der Waals surface area contributed by atoms with Gasteiger partial charge in [0.15, 0.2) is 0 Å². The number of aliphatic carboxylic acids is 1. The van der Waals surface area contributed by atoms with Gasteiger partial charge in [-0.25, -0.2) is 5.06 Å². The summed E-state index contributed by atoms with van der Waals surface area (Å²) in [6.45, 7) is 4.44. The SMILES string of the molecule is CON(CC(C)C)C(=O)[C@@H]1CC=CC[C@@H]1C(=O)O. The van der Waals surface area contributed by atoms with E-state index in [0.717, 1.165) is 0 Å². The molecule has 1 aliphatic rings. The molecule has 18 heavy (non-hydrogen) atoms. The largest absolute Gasteiger partial charge is 0.481 e. The summed E-state index contributed by atoms with van der Waals surface area (Å²) in [4.78, 5) is 28.5. The van der Waals surface area contributed by atoms with Crippen LogP contribution in [0.2, 0.25) is 0 Å². The number of carbonyl (C=O) groups excluding carboxylic acids is 1. The van der Waals surface area contributed by atoms with Crippen molar-refractivity contribution in [3.8, 4) is 0 Å². The average Bonchev–Trinajstić information content (AvgIpc) is 2.34. The van der Waals surface area contributed by atoms with Crippen LogP contribution in [0.4, 0.5) is 0 Å². The van der Waals surface area contributed by atoms with Crippen LogP contribution in [0.5, 0.6) is 0 Å². The molecule has 5 heteroatoms. The standard InChI is InChI=1S/C13H21NO4/c1-9(2)8-14(18-3)12(15)10-6-4-5-7-11(10)13(16)17/h4-5,9-11H,6-8H2,1-3H3,(H,16,17)/t10-,11+/m1/s1. The molecule has 0 unspecified atom stereocenters. The fourth-order valence-corrected chi connectivity index (χ4v) is 2.13. The van der Waals surface area contributed by atoms with Crippen molar-refractivity contribution in [1.29, 1.82) is 0 Å². The monoisotopic (exact) mass is 255 g/mol. The van der Waals surface area contributed by atoms with Crippen LogP contribution < -0.4 is 0 Å². The third-order valence-corrected chi connectivity index (χ3v) is 3.06. The van der Waals surface area contributed by atoms with E-state index in [2.05, 4.69) is 0 Å². The Labute approximate surface area is 107 Å². The number of amides is 1. The highest BCUT2D eigenvalue weighted by molar-refractivity contribution is 5.84. The number of carboxylic acid groups (broad SMARTS) is 1. The minimum absolute atomic E-state index is 0.233. The number of carbonyl (C=O) groups is 2. The number of allylic oxidation sites excluding steroid dienone is 2. The third kappa shape index (κ3) is 3.57. The summed E-state index contributed by atoms with van der Waals surface area (Å²) in [6, 6.07) is 0. The quantitative estimate of drug-likeness (QED) is 0.599. The van der Waals surface area contributed by atoms with Crippen LogP contribution in [0.15, 0.2) is 12.2 Å². The van der Waals surface area contributed by atoms with Crippen molar-refractivity contribution in [3.63, 3.8) is 0 Å². The molecule has 0 saturated heterocycles. The number of nitrogens with zero attached hydrogens (tertiary/aromatic N) is 1. The van der Waals surface area contributed by atoms with Crippen LogP contribution >= 0.6 is 0 Å². The zero-order valence-corrected chi connectivity index (χ0v) is 11.1. The fraction of sp³-hybridized carbons (Fsp3) is 0.692. The zero-order chi connectivity index (χ0) is 13.7. The first-order valence-electron chi connectivity index (χ1n) is 6.20. The van der Waals surface area contributed by atoms with Crippen LogP contribution in [0.25, 0.3) is 0 Å². The number of hydroxylamine groups is 2. The number of rotatable bonds is 5. The van der Waals surface area contributed by atoms with E-state index in [1.807, 2.05) is 26.0 Å². The van der Waals surface area contributed by atoms with Crippen LogP contribution in [0.1, 0.15) is 26.7 Å². The Morgan fingerprint density at radius 1 is 1.33 bits per heavy atom. The van der Waals surface area contributed by atoms with E-state index in [1.165, 1.54) is 12.2 Å². The Balaban J connectivity index is 2.79. The fourth-order valence-electron chi connectivity index (χ4n) is 2.13. The minimum Gasteiger partial charge on any atom is -0.481 e. The molecule has 0 spiro atoms. The summed E-state index contributed by atoms with van der Waals surface area (Å²) in [7, 11) is 1.44. The Hall–Kier alpha value is -1.36. The molecule has 1 aliphatic carbocycles. The highest BCUT2D eigenvalue weighted by atomic mass is 16.7. The maximum atomic E-state index is 12.3. The lowest BCUT2D eigenvalue weighted by molar-refractivity contribution is -0.186. The van der Waals surface area contributed by atoms with E-state index in [9.17, 15) is 9.59 Å². The lowest BCUT2D eigenvalue weighted by Gasteiger charge is -2.30. The Morgan fingerprint density at radius 3 is 2.33 bits per heavy atom. The smallest absolute Gasteiger partial charge is 0.307 e. The van der Waals surface area contributed by atoms with Crippen LogP contribution in [0, 0.1) is 17.8 Å². The van der Waals surface area contributed by atoms with Gasteiger partial charge in [0.1, 0.15) is 0 Å². The predicted octanol–water partition coefficient (Wildman–Crippen LogP) is 1.70. The maximum Gasteiger partial charge on any atom is 0.307 e. The van der Waals surface area contributed by atoms with Gasteiger partial charge < -0.3 is 5.11 Å². The third-order valence-electron chi connectivity index (χ3n) is 3.06. The molecule has 0 bridgehead atoms. The van der Waals surface area contributed by atoms with Crippen LogP contribution in [-0.4, -0.2) is 35.7 Å². The molecule has 5 nitrogen and oxygen atoms in total. The molecular weight excluding hydrogens is 234 g/mol. The van der Waals surface area contributed by atoms with Gasteiger partial charge in [0, 0.05) is 0 Å². The zero-order valence-electron chi connectivity index (χ0n) is 11.1. The van der Waals surface area contributed by atoms with E-state index in [4.69, 9.17) is 9.94 Å². The van der Waals surface area contributed by atoms with Crippen molar-refractivity contribution < 1.29 is 19.5 Å². The molecule has 0 saturated carbocycles. The molecule has 0 aromatic heterocycles. The van der Waals surface area contributed by atoms with Gasteiger partial charge in [-0.2, -0.15) is 0 Å². The maximum absolute atomic E-state index is 12.3. The number of hydrogen-bond acceptors (Lipinski definition) is 3. The van der Waals surface area contributed by atoms with Gasteiger partial charge in [-0.05, 0) is 18.8 Å². The summed E-state index contributed by atoms with van der Waals surface area (Å²) >= 11 is 0. The Kier molecular flexibility index (Phi) is 5.34. The summed E-state index contributed by atoms with van der Waals surface area (Å²) in [5.41, 5.74) is 0. The van der Waals surface area contributed by atoms with Crippen molar-refractivity contribution in [2.45, 2.75) is 26.7 Å². The first-order chi connectivity index (χ1) is 8.47. The highest BCUT2D eigenvalue weighted by Gasteiger charge is 2.36. The van der Waals surface area contributed by atoms with Gasteiger partial charge in [0.05, 0.1) is 25.5 Å². The van der Waals surface area contributed by atoms with Crippen molar-refractivity contribution in [3.05, 3.63) is 12.2 Å². The Bertz CT molecular complexity index is 338. The van der Waals surface area contributed by atoms with E-state index in [1.54, 1.807) is 0 Å². The average molecular weight is 255 g/mol. The van der Waals surface area contributed by atoms with Crippen molar-refractivity contribution in [2.75, 3.05) is 13.7 Å². The Morgan fingerprint density at radius 2 is 1.89 bits per heavy atom. The van der Waals surface area contributed by atoms with Crippen molar-refractivity contribution >= 4 is 11.9 Å². The molecule has 2 atom stereocenters. The first kappa shape index (κ1) is 14.7. The van der Waals surface area contributed by atoms with Gasteiger partial charge in [-0.15, -0.1) is 0 Å². The van der Waals surface area contributed by atoms with Gasteiger partial charge in [0.25, 0.3) is 0 Å². The summed E-state index contributed by atoms with van der Waals surface area (Å²) < 4.78 is 0. The van der Waals surface area contributed by atoms with Gasteiger partial charge in [0.2, 0.25) is 5.91 Å². The minimum atomic E-state index is -0.918. The highest BCUT2D eigenvalue weighted by Crippen LogP contribution is 2.28. The topological polar surface area (TPSA) is 66.8 Å². The molecule has 102 valence electrons. The van der Waals surface area contributed by atoms with Crippen molar-refractivity contribution in [1.82, 2.24) is 5.06 Å². The van der Waals surface area contributed by atoms with Gasteiger partial charge in [-0.3, -0.25) is 14.4 Å². The molecule has 0 aromatic carbocycles. The predicted molar refractivity (Wildman–Crippen MR) is 66.5 cm³/mol. The molecule has 1 amide bonds. The second-order valence-corrected chi connectivity index (χ2v) is 4.97. The second kappa shape index (κ2) is 6.54. The summed E-state index contributed by atoms with van der Waals surface area (Å²) in [5.74, 6) is -2.05. The van der Waals surface area contributed by atoms with Crippen molar-refractivity contribution in [2.24, 2.45) is 17.8 Å². The van der Waals surface area contributed by atoms with E-state index in [0.29, 0.717) is 19.4 Å². The van der Waals surface area contributed by atoms with E-state index >= 15 is 0 Å². The molecule has 0 fully saturated rings. The lowest BCUT2D eigenvalue weighted by atomic mass is 9.82. The van der Waals surface area contributed by atoms with Gasteiger partial charge in [-0.1, -0.05) is 26.0 Å². The van der Waals surface area contributed by atoms with Gasteiger partial charge >= 0.3 is 5.97 Å². The second-order valence-electron chi connectivity index (χ2n) is 4.97. The molecule has 0 aromatic rings. The number of hydrogen-bond donors (Lipinski definition) is 1. The molecule has 0 heterocycles. The summed E-state index contributed by atoms with van der Waals surface area (Å²) in [5, 5.41) is 10.4. The molecular formula is C13H21NO4. The molecule has 1 N–H and O–H groups in total. The van der Waals surface area contributed by atoms with Crippen LogP contribution in [0.3, 0.4) is 0 Å². The van der Waals surface area contributed by atoms with E-state index in [-0.39, 0.29) is 11.8 Å². The molecule has 0 aliphatic heterocycles. The number of carboxylic acids is 1. The molecule has 1 rings (SSSR count). The lowest BCUT2D eigenvalue weighted by Crippen LogP contribution is -2.42. The summed E-state index contributed by atoms with van der Waals surface area (Å²) in [6.07, 6.45) is 4.56. The van der Waals surface area contributed by atoms with Crippen LogP contribution in [-0.2, 0) is 14.4 Å².